The molecular weight excluding hydrogens is 420 g/mol. The summed E-state index contributed by atoms with van der Waals surface area (Å²) in [6.45, 7) is 6.38. The number of nitrogens with zero attached hydrogens (tertiary/aromatic N) is 1. The van der Waals surface area contributed by atoms with Gasteiger partial charge in [0.05, 0.1) is 10.6 Å². The Morgan fingerprint density at radius 3 is 2.43 bits per heavy atom. The maximum Gasteiger partial charge on any atom is 0.264 e. The highest BCUT2D eigenvalue weighted by Crippen LogP contribution is 2.26. The van der Waals surface area contributed by atoms with Crippen molar-refractivity contribution in [2.45, 2.75) is 51.3 Å². The lowest BCUT2D eigenvalue weighted by atomic mass is 9.99. The zero-order valence-electron chi connectivity index (χ0n) is 17.9. The van der Waals surface area contributed by atoms with Gasteiger partial charge >= 0.3 is 0 Å². The zero-order chi connectivity index (χ0) is 22.1. The van der Waals surface area contributed by atoms with E-state index in [9.17, 15) is 13.2 Å². The Morgan fingerprint density at radius 2 is 1.83 bits per heavy atom. The molecule has 2 aromatic carbocycles. The Balaban J connectivity index is 2.24. The highest BCUT2D eigenvalue weighted by Gasteiger charge is 2.27. The average Bonchev–Trinajstić information content (AvgIpc) is 2.72. The minimum atomic E-state index is -3.93. The molecule has 0 saturated heterocycles. The Kier molecular flexibility index (Phi) is 9.18. The summed E-state index contributed by atoms with van der Waals surface area (Å²) >= 11 is 6.09. The van der Waals surface area contributed by atoms with E-state index in [0.29, 0.717) is 23.2 Å². The standard InChI is InChI=1S/C23H31ClN2O3S/c1-4-6-8-19(5-2)16-25-23(27)17-26(21-10-7-9-20(24)15-21)30(28,29)22-13-11-18(3)12-14-22/h7,9-15,19H,4-6,8,16-17H2,1-3H3,(H,25,27). The minimum absolute atomic E-state index is 0.134. The predicted molar refractivity (Wildman–Crippen MR) is 123 cm³/mol. The number of halogens is 1. The van der Waals surface area contributed by atoms with Crippen LogP contribution in [0.4, 0.5) is 5.69 Å². The lowest BCUT2D eigenvalue weighted by molar-refractivity contribution is -0.119. The first-order valence-corrected chi connectivity index (χ1v) is 12.2. The molecular formula is C23H31ClN2O3S. The molecule has 0 aliphatic rings. The fraction of sp³-hybridized carbons (Fsp3) is 0.435. The Morgan fingerprint density at radius 1 is 1.13 bits per heavy atom. The number of unbranched alkanes of at least 4 members (excludes halogenated alkanes) is 1. The average molecular weight is 451 g/mol. The second kappa shape index (κ2) is 11.4. The number of carbonyl (C=O) groups excluding carboxylic acids is 1. The van der Waals surface area contributed by atoms with E-state index in [1.165, 1.54) is 0 Å². The van der Waals surface area contributed by atoms with Crippen LogP contribution in [-0.4, -0.2) is 27.4 Å². The SMILES string of the molecule is CCCCC(CC)CNC(=O)CN(c1cccc(Cl)c1)S(=O)(=O)c1ccc(C)cc1. The van der Waals surface area contributed by atoms with Gasteiger partial charge in [-0.2, -0.15) is 0 Å². The first-order chi connectivity index (χ1) is 14.3. The van der Waals surface area contributed by atoms with Crippen LogP contribution in [0.2, 0.25) is 5.02 Å². The molecule has 164 valence electrons. The molecule has 1 atom stereocenters. The van der Waals surface area contributed by atoms with E-state index >= 15 is 0 Å². The van der Waals surface area contributed by atoms with E-state index in [-0.39, 0.29) is 17.3 Å². The molecule has 0 radical (unpaired) electrons. The molecule has 1 unspecified atom stereocenters. The van der Waals surface area contributed by atoms with Crippen LogP contribution in [0.15, 0.2) is 53.4 Å². The number of benzene rings is 2. The Hall–Kier alpha value is -2.05. The minimum Gasteiger partial charge on any atom is -0.354 e. The van der Waals surface area contributed by atoms with Crippen molar-refractivity contribution < 1.29 is 13.2 Å². The molecule has 1 N–H and O–H groups in total. The van der Waals surface area contributed by atoms with Crippen molar-refractivity contribution in [1.29, 1.82) is 0 Å². The van der Waals surface area contributed by atoms with Crippen molar-refractivity contribution in [2.75, 3.05) is 17.4 Å². The number of sulfonamides is 1. The van der Waals surface area contributed by atoms with E-state index in [0.717, 1.165) is 35.6 Å². The molecule has 5 nitrogen and oxygen atoms in total. The molecule has 7 heteroatoms. The van der Waals surface area contributed by atoms with Gasteiger partial charge in [0, 0.05) is 11.6 Å². The smallest absolute Gasteiger partial charge is 0.264 e. The third-order valence-electron chi connectivity index (χ3n) is 5.12. The topological polar surface area (TPSA) is 66.5 Å². The molecule has 2 rings (SSSR count). The summed E-state index contributed by atoms with van der Waals surface area (Å²) in [6, 6.07) is 13.1. The third-order valence-corrected chi connectivity index (χ3v) is 7.15. The molecule has 2 aromatic rings. The van der Waals surface area contributed by atoms with Crippen LogP contribution in [0.25, 0.3) is 0 Å². The highest BCUT2D eigenvalue weighted by molar-refractivity contribution is 7.92. The van der Waals surface area contributed by atoms with E-state index < -0.39 is 10.0 Å². The van der Waals surface area contributed by atoms with Gasteiger partial charge in [0.15, 0.2) is 0 Å². The lowest BCUT2D eigenvalue weighted by Gasteiger charge is -2.25. The molecule has 0 aliphatic heterocycles. The van der Waals surface area contributed by atoms with Gasteiger partial charge in [0.1, 0.15) is 6.54 Å². The molecule has 0 aliphatic carbocycles. The van der Waals surface area contributed by atoms with Crippen molar-refractivity contribution in [2.24, 2.45) is 5.92 Å². The van der Waals surface area contributed by atoms with Crippen molar-refractivity contribution in [3.05, 3.63) is 59.1 Å². The number of hydrogen-bond acceptors (Lipinski definition) is 3. The number of amides is 1. The summed E-state index contributed by atoms with van der Waals surface area (Å²) < 4.78 is 27.8. The normalized spacial score (nSPS) is 12.4. The lowest BCUT2D eigenvalue weighted by Crippen LogP contribution is -2.42. The van der Waals surface area contributed by atoms with Crippen LogP contribution in [0, 0.1) is 12.8 Å². The summed E-state index contributed by atoms with van der Waals surface area (Å²) in [5.41, 5.74) is 1.31. The fourth-order valence-electron chi connectivity index (χ4n) is 3.17. The summed E-state index contributed by atoms with van der Waals surface area (Å²) in [5.74, 6) is 0.0582. The maximum atomic E-state index is 13.3. The first kappa shape index (κ1) is 24.2. The fourth-order valence-corrected chi connectivity index (χ4v) is 4.77. The van der Waals surface area contributed by atoms with Crippen LogP contribution >= 0.6 is 11.6 Å². The van der Waals surface area contributed by atoms with Crippen LogP contribution < -0.4 is 9.62 Å². The molecule has 0 saturated carbocycles. The van der Waals surface area contributed by atoms with Crippen molar-refractivity contribution in [3.63, 3.8) is 0 Å². The summed E-state index contributed by atoms with van der Waals surface area (Å²) in [4.78, 5) is 12.8. The maximum absolute atomic E-state index is 13.3. The monoisotopic (exact) mass is 450 g/mol. The van der Waals surface area contributed by atoms with E-state index in [1.54, 1.807) is 48.5 Å². The second-order valence-corrected chi connectivity index (χ2v) is 9.82. The van der Waals surface area contributed by atoms with Gasteiger partial charge in [0.2, 0.25) is 5.91 Å². The van der Waals surface area contributed by atoms with Crippen molar-refractivity contribution in [1.82, 2.24) is 5.32 Å². The van der Waals surface area contributed by atoms with Gasteiger partial charge in [0.25, 0.3) is 10.0 Å². The largest absolute Gasteiger partial charge is 0.354 e. The van der Waals surface area contributed by atoms with Gasteiger partial charge in [-0.1, -0.05) is 68.5 Å². The number of anilines is 1. The van der Waals surface area contributed by atoms with Gasteiger partial charge in [-0.25, -0.2) is 8.42 Å². The van der Waals surface area contributed by atoms with Crippen LogP contribution in [0.5, 0.6) is 0 Å². The van der Waals surface area contributed by atoms with Crippen LogP contribution in [0.1, 0.15) is 45.1 Å². The highest BCUT2D eigenvalue weighted by atomic mass is 35.5. The van der Waals surface area contributed by atoms with Gasteiger partial charge in [-0.15, -0.1) is 0 Å². The Bertz CT molecular complexity index is 930. The van der Waals surface area contributed by atoms with E-state index in [2.05, 4.69) is 19.2 Å². The third kappa shape index (κ3) is 6.74. The number of hydrogen-bond donors (Lipinski definition) is 1. The molecule has 1 amide bonds. The number of rotatable bonds is 11. The molecule has 0 heterocycles. The molecule has 0 bridgehead atoms. The number of carbonyl (C=O) groups is 1. The summed E-state index contributed by atoms with van der Waals surface area (Å²) in [5, 5.41) is 3.32. The zero-order valence-corrected chi connectivity index (χ0v) is 19.5. The molecule has 0 spiro atoms. The van der Waals surface area contributed by atoms with Crippen molar-refractivity contribution in [3.8, 4) is 0 Å². The van der Waals surface area contributed by atoms with Crippen LogP contribution in [0.3, 0.4) is 0 Å². The van der Waals surface area contributed by atoms with Gasteiger partial charge in [-0.05, 0) is 49.6 Å². The second-order valence-electron chi connectivity index (χ2n) is 7.53. The molecule has 30 heavy (non-hydrogen) atoms. The predicted octanol–water partition coefficient (Wildman–Crippen LogP) is 5.18. The summed E-state index contributed by atoms with van der Waals surface area (Å²) in [7, 11) is -3.93. The van der Waals surface area contributed by atoms with Crippen LogP contribution in [-0.2, 0) is 14.8 Å². The Labute approximate surface area is 185 Å². The van der Waals surface area contributed by atoms with Crippen molar-refractivity contribution >= 4 is 33.2 Å². The van der Waals surface area contributed by atoms with E-state index in [4.69, 9.17) is 11.6 Å². The van der Waals surface area contributed by atoms with E-state index in [1.807, 2.05) is 6.92 Å². The quantitative estimate of drug-likeness (QED) is 0.513. The number of aryl methyl sites for hydroxylation is 1. The summed E-state index contributed by atoms with van der Waals surface area (Å²) in [6.07, 6.45) is 4.25. The van der Waals surface area contributed by atoms with Gasteiger partial charge < -0.3 is 5.32 Å². The molecule has 0 aromatic heterocycles. The first-order valence-electron chi connectivity index (χ1n) is 10.4. The number of nitrogens with one attached hydrogen (secondary N) is 1. The van der Waals surface area contributed by atoms with Gasteiger partial charge in [-0.3, -0.25) is 9.10 Å². The molecule has 0 fully saturated rings.